The molecule has 1 atom stereocenters. The van der Waals surface area contributed by atoms with Crippen molar-refractivity contribution in [1.82, 2.24) is 15.5 Å². The van der Waals surface area contributed by atoms with E-state index in [-0.39, 0.29) is 36.1 Å². The lowest BCUT2D eigenvalue weighted by molar-refractivity contribution is -0.274. The van der Waals surface area contributed by atoms with Crippen LogP contribution in [0.5, 0.6) is 5.75 Å². The molecule has 2 fully saturated rings. The molecular formula is C19H24F3N3O3. The molecule has 1 heterocycles. The summed E-state index contributed by atoms with van der Waals surface area (Å²) in [5.74, 6) is -0.903. The second kappa shape index (κ2) is 8.81. The highest BCUT2D eigenvalue weighted by Gasteiger charge is 2.37. The summed E-state index contributed by atoms with van der Waals surface area (Å²) < 4.78 is 41.5. The summed E-state index contributed by atoms with van der Waals surface area (Å²) in [5.41, 5.74) is 0.217. The van der Waals surface area contributed by atoms with Crippen molar-refractivity contribution in [2.75, 3.05) is 13.1 Å². The smallest absolute Gasteiger partial charge is 0.405 e. The molecule has 0 aromatic heterocycles. The van der Waals surface area contributed by atoms with Gasteiger partial charge in [-0.25, -0.2) is 0 Å². The van der Waals surface area contributed by atoms with Crippen LogP contribution in [0.4, 0.5) is 13.2 Å². The van der Waals surface area contributed by atoms with Crippen LogP contribution in [0.3, 0.4) is 0 Å². The fourth-order valence-corrected chi connectivity index (χ4v) is 3.93. The van der Waals surface area contributed by atoms with Gasteiger partial charge in [0.15, 0.2) is 0 Å². The van der Waals surface area contributed by atoms with Crippen LogP contribution in [-0.4, -0.2) is 48.2 Å². The Hall–Kier alpha value is -2.29. The van der Waals surface area contributed by atoms with E-state index < -0.39 is 12.4 Å². The van der Waals surface area contributed by atoms with Gasteiger partial charge in [0.25, 0.3) is 0 Å². The topological polar surface area (TPSA) is 70.7 Å². The van der Waals surface area contributed by atoms with Gasteiger partial charge in [-0.05, 0) is 18.9 Å². The third-order valence-corrected chi connectivity index (χ3v) is 5.22. The van der Waals surface area contributed by atoms with Gasteiger partial charge in [0.1, 0.15) is 5.75 Å². The van der Waals surface area contributed by atoms with Gasteiger partial charge >= 0.3 is 6.36 Å². The van der Waals surface area contributed by atoms with Crippen molar-refractivity contribution in [2.24, 2.45) is 0 Å². The minimum Gasteiger partial charge on any atom is -0.405 e. The molecule has 9 heteroatoms. The second-order valence-corrected chi connectivity index (χ2v) is 7.12. The molecule has 2 aliphatic rings. The largest absolute Gasteiger partial charge is 0.573 e. The van der Waals surface area contributed by atoms with Crippen molar-refractivity contribution in [3.63, 3.8) is 0 Å². The number of halogens is 3. The molecule has 6 nitrogen and oxygen atoms in total. The highest BCUT2D eigenvalue weighted by Crippen LogP contribution is 2.28. The number of rotatable bonds is 6. The van der Waals surface area contributed by atoms with Gasteiger partial charge in [-0.3, -0.25) is 14.5 Å². The second-order valence-electron chi connectivity index (χ2n) is 7.12. The number of hydrogen-bond donors (Lipinski definition) is 2. The molecule has 1 aromatic rings. The number of nitrogens with zero attached hydrogens (tertiary/aromatic N) is 1. The van der Waals surface area contributed by atoms with E-state index in [2.05, 4.69) is 20.3 Å². The first-order valence-corrected chi connectivity index (χ1v) is 9.47. The van der Waals surface area contributed by atoms with E-state index in [9.17, 15) is 22.8 Å². The van der Waals surface area contributed by atoms with E-state index in [1.54, 1.807) is 6.07 Å². The van der Waals surface area contributed by atoms with E-state index in [1.807, 2.05) is 0 Å². The quantitative estimate of drug-likeness (QED) is 0.770. The average Bonchev–Trinajstić information content (AvgIpc) is 3.16. The normalized spacial score (nSPS) is 21.4. The van der Waals surface area contributed by atoms with Crippen LogP contribution in [0.2, 0.25) is 0 Å². The predicted molar refractivity (Wildman–Crippen MR) is 95.3 cm³/mol. The number of ether oxygens (including phenoxy) is 1. The third kappa shape index (κ3) is 5.37. The highest BCUT2D eigenvalue weighted by atomic mass is 19.4. The maximum atomic E-state index is 12.5. The van der Waals surface area contributed by atoms with Crippen molar-refractivity contribution >= 4 is 11.8 Å². The maximum Gasteiger partial charge on any atom is 0.573 e. The van der Waals surface area contributed by atoms with Crippen LogP contribution < -0.4 is 15.4 Å². The Kier molecular flexibility index (Phi) is 6.43. The molecular weight excluding hydrogens is 375 g/mol. The SMILES string of the molecule is O=C(C[C@@H]1C(=O)NCCN1C1CCCC1)NCc1ccccc1OC(F)(F)F. The number of alkyl halides is 3. The fraction of sp³-hybridized carbons (Fsp3) is 0.579. The summed E-state index contributed by atoms with van der Waals surface area (Å²) in [6.45, 7) is 1.16. The first kappa shape index (κ1) is 20.4. The number of benzene rings is 1. The van der Waals surface area contributed by atoms with E-state index in [4.69, 9.17) is 0 Å². The summed E-state index contributed by atoms with van der Waals surface area (Å²) >= 11 is 0. The third-order valence-electron chi connectivity index (χ3n) is 5.22. The molecule has 0 radical (unpaired) electrons. The molecule has 1 aromatic carbocycles. The Morgan fingerprint density at radius 2 is 1.96 bits per heavy atom. The number of carbonyl (C=O) groups is 2. The van der Waals surface area contributed by atoms with Gasteiger partial charge in [0.2, 0.25) is 11.8 Å². The molecule has 3 rings (SSSR count). The summed E-state index contributed by atoms with van der Waals surface area (Å²) in [5, 5.41) is 5.41. The summed E-state index contributed by atoms with van der Waals surface area (Å²) in [6, 6.07) is 5.42. The molecule has 0 spiro atoms. The van der Waals surface area contributed by atoms with Gasteiger partial charge in [0, 0.05) is 31.2 Å². The van der Waals surface area contributed by atoms with E-state index in [0.717, 1.165) is 25.7 Å². The van der Waals surface area contributed by atoms with Crippen molar-refractivity contribution in [3.05, 3.63) is 29.8 Å². The van der Waals surface area contributed by atoms with Gasteiger partial charge in [-0.2, -0.15) is 0 Å². The van der Waals surface area contributed by atoms with E-state index in [1.165, 1.54) is 18.2 Å². The number of nitrogens with one attached hydrogen (secondary N) is 2. The van der Waals surface area contributed by atoms with Gasteiger partial charge in [-0.1, -0.05) is 31.0 Å². The molecule has 0 unspecified atom stereocenters. The number of amides is 2. The average molecular weight is 399 g/mol. The summed E-state index contributed by atoms with van der Waals surface area (Å²) in [4.78, 5) is 26.8. The van der Waals surface area contributed by atoms with Crippen LogP contribution in [0, 0.1) is 0 Å². The zero-order valence-corrected chi connectivity index (χ0v) is 15.4. The maximum absolute atomic E-state index is 12.5. The lowest BCUT2D eigenvalue weighted by Crippen LogP contribution is -2.59. The molecule has 1 aliphatic heterocycles. The molecule has 0 bridgehead atoms. The molecule has 1 aliphatic carbocycles. The minimum absolute atomic E-state index is 0.0232. The summed E-state index contributed by atoms with van der Waals surface area (Å²) in [6.07, 6.45) is -0.538. The van der Waals surface area contributed by atoms with Crippen LogP contribution in [-0.2, 0) is 16.1 Å². The summed E-state index contributed by atoms with van der Waals surface area (Å²) in [7, 11) is 0. The zero-order valence-electron chi connectivity index (χ0n) is 15.4. The number of piperazine rings is 1. The molecule has 154 valence electrons. The Morgan fingerprint density at radius 1 is 1.25 bits per heavy atom. The zero-order chi connectivity index (χ0) is 20.1. The van der Waals surface area contributed by atoms with Crippen molar-refractivity contribution < 1.29 is 27.5 Å². The van der Waals surface area contributed by atoms with Crippen molar-refractivity contribution in [3.8, 4) is 5.75 Å². The van der Waals surface area contributed by atoms with Gasteiger partial charge in [-0.15, -0.1) is 13.2 Å². The van der Waals surface area contributed by atoms with E-state index in [0.29, 0.717) is 19.1 Å². The molecule has 2 N–H and O–H groups in total. The van der Waals surface area contributed by atoms with E-state index >= 15 is 0 Å². The first-order chi connectivity index (χ1) is 13.3. The molecule has 1 saturated carbocycles. The standard InChI is InChI=1S/C19H24F3N3O3/c20-19(21,22)28-16-8-4-1-5-13(16)12-24-17(26)11-15-18(27)23-9-10-25(15)14-6-2-3-7-14/h1,4-5,8,14-15H,2-3,6-7,9-12H2,(H,23,27)(H,24,26)/t15-/m1/s1. The Morgan fingerprint density at radius 3 is 2.68 bits per heavy atom. The number of carbonyl (C=O) groups excluding carboxylic acids is 2. The molecule has 28 heavy (non-hydrogen) atoms. The first-order valence-electron chi connectivity index (χ1n) is 9.47. The lowest BCUT2D eigenvalue weighted by atomic mass is 10.0. The predicted octanol–water partition coefficient (Wildman–Crippen LogP) is 2.33. The number of hydrogen-bond acceptors (Lipinski definition) is 4. The van der Waals surface area contributed by atoms with Crippen LogP contribution >= 0.6 is 0 Å². The van der Waals surface area contributed by atoms with Crippen LogP contribution in [0.1, 0.15) is 37.7 Å². The van der Waals surface area contributed by atoms with Crippen LogP contribution in [0.25, 0.3) is 0 Å². The van der Waals surface area contributed by atoms with Gasteiger partial charge in [0.05, 0.1) is 12.5 Å². The van der Waals surface area contributed by atoms with Gasteiger partial charge < -0.3 is 15.4 Å². The Balaban J connectivity index is 1.60. The highest BCUT2D eigenvalue weighted by molar-refractivity contribution is 5.88. The molecule has 1 saturated heterocycles. The Bertz CT molecular complexity index is 705. The van der Waals surface area contributed by atoms with Crippen molar-refractivity contribution in [2.45, 2.75) is 57.1 Å². The minimum atomic E-state index is -4.80. The molecule has 2 amide bonds. The fourth-order valence-electron chi connectivity index (χ4n) is 3.93. The monoisotopic (exact) mass is 399 g/mol. The van der Waals surface area contributed by atoms with Crippen LogP contribution in [0.15, 0.2) is 24.3 Å². The lowest BCUT2D eigenvalue weighted by Gasteiger charge is -2.38. The number of para-hydroxylation sites is 1. The Labute approximate surface area is 161 Å². The van der Waals surface area contributed by atoms with Crippen molar-refractivity contribution in [1.29, 1.82) is 0 Å².